The first-order chi connectivity index (χ1) is 15.2. The predicted molar refractivity (Wildman–Crippen MR) is 115 cm³/mol. The molecule has 1 fully saturated rings. The fraction of sp³-hybridized carbons (Fsp3) is 0.227. The van der Waals surface area contributed by atoms with Crippen molar-refractivity contribution in [2.45, 2.75) is 18.8 Å². The molecule has 2 aromatic heterocycles. The molecule has 1 aliphatic heterocycles. The average Bonchev–Trinajstić information content (AvgIpc) is 3.50. The lowest BCUT2D eigenvalue weighted by atomic mass is 9.98. The van der Waals surface area contributed by atoms with Gasteiger partial charge in [-0.25, -0.2) is 4.39 Å². The van der Waals surface area contributed by atoms with Crippen LogP contribution >= 0.6 is 11.3 Å². The number of amides is 1. The summed E-state index contributed by atoms with van der Waals surface area (Å²) in [7, 11) is 0. The molecule has 7 nitrogen and oxygen atoms in total. The van der Waals surface area contributed by atoms with Crippen molar-refractivity contribution in [1.82, 2.24) is 30.1 Å². The van der Waals surface area contributed by atoms with Crippen molar-refractivity contribution in [3.05, 3.63) is 77.3 Å². The molecule has 0 radical (unpaired) electrons. The number of rotatable bonds is 4. The summed E-state index contributed by atoms with van der Waals surface area (Å²) in [5.41, 5.74) is 1.56. The molecule has 0 saturated carbocycles. The lowest BCUT2D eigenvalue weighted by Crippen LogP contribution is -2.39. The minimum Gasteiger partial charge on any atom is -0.336 e. The largest absolute Gasteiger partial charge is 0.336 e. The Hall–Kier alpha value is -3.46. The van der Waals surface area contributed by atoms with E-state index in [1.807, 2.05) is 30.3 Å². The van der Waals surface area contributed by atoms with E-state index in [1.54, 1.807) is 23.1 Å². The number of hydrogen-bond acceptors (Lipinski definition) is 6. The smallest absolute Gasteiger partial charge is 0.276 e. The molecule has 2 aromatic carbocycles. The third-order valence-corrected chi connectivity index (χ3v) is 6.42. The van der Waals surface area contributed by atoms with E-state index >= 15 is 0 Å². The van der Waals surface area contributed by atoms with Crippen LogP contribution in [-0.2, 0) is 0 Å². The standard InChI is InChI=1S/C22H19FN6OS/c23-18-11-5-4-10-17(18)21-26-25-20(31-21)15-7-6-12-28(14-15)22(30)19-13-24-29(27-19)16-8-2-1-3-9-16/h1-5,8-11,13,15H,6-7,12,14H2/t15-/m1/s1. The number of hydrogen-bond donors (Lipinski definition) is 0. The van der Waals surface area contributed by atoms with Crippen molar-refractivity contribution >= 4 is 17.2 Å². The Balaban J connectivity index is 1.31. The van der Waals surface area contributed by atoms with Gasteiger partial charge >= 0.3 is 0 Å². The fourth-order valence-corrected chi connectivity index (χ4v) is 4.71. The maximum Gasteiger partial charge on any atom is 0.276 e. The van der Waals surface area contributed by atoms with Gasteiger partial charge < -0.3 is 4.90 Å². The topological polar surface area (TPSA) is 76.8 Å². The monoisotopic (exact) mass is 434 g/mol. The zero-order valence-corrected chi connectivity index (χ0v) is 17.4. The minimum atomic E-state index is -0.313. The van der Waals surface area contributed by atoms with E-state index in [0.29, 0.717) is 29.4 Å². The predicted octanol–water partition coefficient (Wildman–Crippen LogP) is 3.94. The summed E-state index contributed by atoms with van der Waals surface area (Å²) in [6, 6.07) is 16.0. The van der Waals surface area contributed by atoms with Crippen molar-refractivity contribution in [1.29, 1.82) is 0 Å². The molecule has 0 aliphatic carbocycles. The van der Waals surface area contributed by atoms with Gasteiger partial charge in [-0.3, -0.25) is 4.79 Å². The average molecular weight is 435 g/mol. The highest BCUT2D eigenvalue weighted by Gasteiger charge is 2.29. The molecule has 0 bridgehead atoms. The van der Waals surface area contributed by atoms with Gasteiger partial charge in [0.2, 0.25) is 0 Å². The highest BCUT2D eigenvalue weighted by Crippen LogP contribution is 2.33. The van der Waals surface area contributed by atoms with Gasteiger partial charge in [-0.05, 0) is 37.1 Å². The molecular formula is C22H19FN6OS. The summed E-state index contributed by atoms with van der Waals surface area (Å²) >= 11 is 1.39. The molecule has 0 spiro atoms. The first-order valence-electron chi connectivity index (χ1n) is 10.0. The third kappa shape index (κ3) is 3.96. The van der Waals surface area contributed by atoms with E-state index in [-0.39, 0.29) is 17.6 Å². The van der Waals surface area contributed by atoms with E-state index < -0.39 is 0 Å². The minimum absolute atomic E-state index is 0.0693. The molecule has 0 unspecified atom stereocenters. The van der Waals surface area contributed by atoms with E-state index in [2.05, 4.69) is 20.4 Å². The van der Waals surface area contributed by atoms with Gasteiger partial charge in [-0.2, -0.15) is 9.90 Å². The van der Waals surface area contributed by atoms with Crippen LogP contribution in [0, 0.1) is 5.82 Å². The van der Waals surface area contributed by atoms with Gasteiger partial charge in [0.15, 0.2) is 10.7 Å². The second kappa shape index (κ2) is 8.35. The molecule has 156 valence electrons. The molecule has 31 heavy (non-hydrogen) atoms. The molecule has 9 heteroatoms. The Labute approximate surface area is 182 Å². The molecule has 1 aliphatic rings. The molecule has 3 heterocycles. The molecule has 5 rings (SSSR count). The van der Waals surface area contributed by atoms with Gasteiger partial charge in [-0.1, -0.05) is 41.7 Å². The van der Waals surface area contributed by atoms with Crippen LogP contribution in [0.3, 0.4) is 0 Å². The summed E-state index contributed by atoms with van der Waals surface area (Å²) in [4.78, 5) is 16.3. The van der Waals surface area contributed by atoms with Gasteiger partial charge in [0, 0.05) is 24.6 Å². The van der Waals surface area contributed by atoms with Crippen LogP contribution in [0.25, 0.3) is 16.3 Å². The Kier molecular flexibility index (Phi) is 5.25. The first-order valence-corrected chi connectivity index (χ1v) is 10.9. The Bertz CT molecular complexity index is 1210. The van der Waals surface area contributed by atoms with Crippen molar-refractivity contribution in [2.75, 3.05) is 13.1 Å². The zero-order chi connectivity index (χ0) is 21.2. The maximum atomic E-state index is 14.1. The number of carbonyl (C=O) groups is 1. The first kappa shape index (κ1) is 19.5. The zero-order valence-electron chi connectivity index (χ0n) is 16.6. The van der Waals surface area contributed by atoms with Crippen LogP contribution < -0.4 is 0 Å². The van der Waals surface area contributed by atoms with Crippen molar-refractivity contribution in [3.8, 4) is 16.3 Å². The molecular weight excluding hydrogens is 415 g/mol. The van der Waals surface area contributed by atoms with Crippen LogP contribution in [0.1, 0.15) is 34.3 Å². The lowest BCUT2D eigenvalue weighted by Gasteiger charge is -2.31. The number of piperidine rings is 1. The quantitative estimate of drug-likeness (QED) is 0.486. The van der Waals surface area contributed by atoms with E-state index in [1.165, 1.54) is 28.4 Å². The van der Waals surface area contributed by atoms with Crippen LogP contribution in [0.4, 0.5) is 4.39 Å². The summed E-state index contributed by atoms with van der Waals surface area (Å²) in [6.07, 6.45) is 3.27. The van der Waals surface area contributed by atoms with E-state index in [0.717, 1.165) is 23.5 Å². The number of likely N-dealkylation sites (tertiary alicyclic amines) is 1. The number of para-hydroxylation sites is 1. The second-order valence-electron chi connectivity index (χ2n) is 7.37. The van der Waals surface area contributed by atoms with Crippen molar-refractivity contribution in [3.63, 3.8) is 0 Å². The van der Waals surface area contributed by atoms with Gasteiger partial charge in [0.1, 0.15) is 10.8 Å². The number of benzene rings is 2. The highest BCUT2D eigenvalue weighted by atomic mass is 32.1. The van der Waals surface area contributed by atoms with Crippen LogP contribution in [0.2, 0.25) is 0 Å². The van der Waals surface area contributed by atoms with Crippen molar-refractivity contribution in [2.24, 2.45) is 0 Å². The normalized spacial score (nSPS) is 16.4. The summed E-state index contributed by atoms with van der Waals surface area (Å²) in [6.45, 7) is 1.19. The van der Waals surface area contributed by atoms with Gasteiger partial charge in [-0.15, -0.1) is 15.3 Å². The summed E-state index contributed by atoms with van der Waals surface area (Å²) < 4.78 is 14.1. The number of carbonyl (C=O) groups excluding carboxylic acids is 1. The summed E-state index contributed by atoms with van der Waals surface area (Å²) in [5, 5.41) is 18.4. The number of nitrogens with zero attached hydrogens (tertiary/aromatic N) is 6. The molecule has 1 amide bonds. The van der Waals surface area contributed by atoms with Crippen molar-refractivity contribution < 1.29 is 9.18 Å². The van der Waals surface area contributed by atoms with E-state index in [4.69, 9.17) is 0 Å². The molecule has 0 N–H and O–H groups in total. The molecule has 4 aromatic rings. The molecule has 1 saturated heterocycles. The highest BCUT2D eigenvalue weighted by molar-refractivity contribution is 7.14. The van der Waals surface area contributed by atoms with Crippen LogP contribution in [0.15, 0.2) is 60.8 Å². The van der Waals surface area contributed by atoms with Crippen LogP contribution in [0.5, 0.6) is 0 Å². The SMILES string of the molecule is O=C(c1cnn(-c2ccccc2)n1)N1CCC[C@@H](c2nnc(-c3ccccc3F)s2)C1. The Morgan fingerprint density at radius 3 is 2.71 bits per heavy atom. The second-order valence-corrected chi connectivity index (χ2v) is 8.38. The Morgan fingerprint density at radius 2 is 1.87 bits per heavy atom. The van der Waals surface area contributed by atoms with Gasteiger partial charge in [0.05, 0.1) is 11.9 Å². The maximum absolute atomic E-state index is 14.1. The lowest BCUT2D eigenvalue weighted by molar-refractivity contribution is 0.0700. The molecule has 1 atom stereocenters. The summed E-state index contributed by atoms with van der Waals surface area (Å²) in [5.74, 6) is -0.391. The van der Waals surface area contributed by atoms with E-state index in [9.17, 15) is 9.18 Å². The fourth-order valence-electron chi connectivity index (χ4n) is 3.72. The third-order valence-electron chi connectivity index (χ3n) is 5.30. The van der Waals surface area contributed by atoms with Gasteiger partial charge in [0.25, 0.3) is 5.91 Å². The number of aromatic nitrogens is 5. The Morgan fingerprint density at radius 1 is 1.06 bits per heavy atom. The number of halogens is 1. The van der Waals surface area contributed by atoms with Crippen LogP contribution in [-0.4, -0.2) is 49.1 Å².